The zero-order valence-corrected chi connectivity index (χ0v) is 39.8. The van der Waals surface area contributed by atoms with Crippen LogP contribution in [0.1, 0.15) is 104 Å². The highest BCUT2D eigenvalue weighted by Gasteiger charge is 2.30. The number of carbonyl (C=O) groups excluding carboxylic acids is 2. The number of nitrogens with zero attached hydrogens (tertiary/aromatic N) is 6. The van der Waals surface area contributed by atoms with E-state index in [2.05, 4.69) is 41.2 Å². The maximum atomic E-state index is 15.4. The third-order valence-electron chi connectivity index (χ3n) is 10.7. The molecule has 7 rings (SSSR count). The first-order valence-electron chi connectivity index (χ1n) is 21.8. The van der Waals surface area contributed by atoms with Gasteiger partial charge in [0.15, 0.2) is 29.1 Å². The van der Waals surface area contributed by atoms with Crippen LogP contribution < -0.4 is 21.3 Å². The van der Waals surface area contributed by atoms with E-state index in [0.29, 0.717) is 19.3 Å². The van der Waals surface area contributed by atoms with Crippen LogP contribution in [0.5, 0.6) is 0 Å². The topological polar surface area (TPSA) is 215 Å². The standard InChI is InChI=1S/C31H32F2N6O4S.C15H22ClFN4O2/c1-18-8-10-22(11-9-18)44(41,42)39-17-24(23-12-19(15-34)13-25(32)27(23)39)28-35-16-26(33)29(38-28)36-20-6-5-7-21(14-20)37-30(40)43-31(2,3)4;1-15(2,3)23-14(22)20-10-6-4-5-9(7-10)19-12-11(17)8-18-13(16)21-12/h8-13,16-17,20-21H,5-7,14H2,1-4H3,(H,37,40)(H,35,36,38);8-10H,4-7H2,1-3H3,(H,20,22)(H,18,19,21)/t20-,21+;9-,10+/m11/s1. The molecule has 2 aliphatic carbocycles. The molecule has 5 aromatic rings. The van der Waals surface area contributed by atoms with Crippen molar-refractivity contribution in [2.24, 2.45) is 0 Å². The third kappa shape index (κ3) is 13.5. The molecule has 4 N–H and O–H groups in total. The van der Waals surface area contributed by atoms with Crippen molar-refractivity contribution in [1.29, 1.82) is 5.26 Å². The minimum absolute atomic E-state index is 0.00385. The Labute approximate surface area is 392 Å². The minimum atomic E-state index is -4.28. The number of nitrogens with one attached hydrogen (secondary N) is 4. The minimum Gasteiger partial charge on any atom is -0.444 e. The normalized spacial score (nSPS) is 18.7. The number of alkyl carbamates (subject to hydrolysis) is 2. The molecule has 358 valence electrons. The summed E-state index contributed by atoms with van der Waals surface area (Å²) < 4.78 is 82.8. The van der Waals surface area contributed by atoms with Gasteiger partial charge in [0.2, 0.25) is 5.28 Å². The Balaban J connectivity index is 0.000000271. The summed E-state index contributed by atoms with van der Waals surface area (Å²) in [4.78, 5) is 39.9. The molecular formula is C46H54ClF3N10O6S. The lowest BCUT2D eigenvalue weighted by atomic mass is 9.91. The van der Waals surface area contributed by atoms with Crippen molar-refractivity contribution < 1.29 is 40.7 Å². The monoisotopic (exact) mass is 966 g/mol. The second-order valence-electron chi connectivity index (χ2n) is 18.6. The number of rotatable bonds is 9. The highest BCUT2D eigenvalue weighted by Crippen LogP contribution is 2.35. The maximum absolute atomic E-state index is 15.4. The van der Waals surface area contributed by atoms with E-state index in [4.69, 9.17) is 21.1 Å². The Morgan fingerprint density at radius 3 is 1.81 bits per heavy atom. The van der Waals surface area contributed by atoms with Crippen molar-refractivity contribution >= 4 is 56.3 Å². The first kappa shape index (κ1) is 50.2. The number of hydrogen-bond acceptors (Lipinski definition) is 13. The fourth-order valence-electron chi connectivity index (χ4n) is 7.82. The van der Waals surface area contributed by atoms with Crippen molar-refractivity contribution in [3.05, 3.63) is 88.9 Å². The number of ether oxygens (including phenoxy) is 2. The lowest BCUT2D eigenvalue weighted by Gasteiger charge is -2.31. The molecule has 0 aliphatic heterocycles. The molecule has 0 bridgehead atoms. The van der Waals surface area contributed by atoms with Gasteiger partial charge in [-0.3, -0.25) is 0 Å². The predicted octanol–water partition coefficient (Wildman–Crippen LogP) is 9.56. The number of anilines is 2. The molecule has 2 aliphatic rings. The number of amides is 2. The average Bonchev–Trinajstić information content (AvgIpc) is 3.63. The number of halogens is 4. The summed E-state index contributed by atoms with van der Waals surface area (Å²) in [6.45, 7) is 12.6. The molecule has 3 heterocycles. The van der Waals surface area contributed by atoms with Crippen LogP contribution in [-0.2, 0) is 19.5 Å². The lowest BCUT2D eigenvalue weighted by molar-refractivity contribution is 0.0479. The molecule has 4 atom stereocenters. The van der Waals surface area contributed by atoms with Crippen molar-refractivity contribution in [2.45, 2.75) is 140 Å². The van der Waals surface area contributed by atoms with E-state index < -0.39 is 50.9 Å². The number of benzene rings is 2. The molecule has 2 fully saturated rings. The van der Waals surface area contributed by atoms with Crippen molar-refractivity contribution in [3.63, 3.8) is 0 Å². The van der Waals surface area contributed by atoms with Gasteiger partial charge in [0.25, 0.3) is 10.0 Å². The van der Waals surface area contributed by atoms with Crippen molar-refractivity contribution in [2.75, 3.05) is 10.6 Å². The van der Waals surface area contributed by atoms with Gasteiger partial charge < -0.3 is 30.7 Å². The summed E-state index contributed by atoms with van der Waals surface area (Å²) in [6.07, 6.45) is 8.20. The van der Waals surface area contributed by atoms with Crippen LogP contribution in [0.25, 0.3) is 22.3 Å². The molecule has 0 saturated heterocycles. The van der Waals surface area contributed by atoms with Crippen LogP contribution in [0.3, 0.4) is 0 Å². The average molecular weight is 968 g/mol. The molecule has 2 saturated carbocycles. The van der Waals surface area contributed by atoms with Crippen molar-refractivity contribution in [1.82, 2.24) is 34.5 Å². The van der Waals surface area contributed by atoms with Gasteiger partial charge in [-0.1, -0.05) is 17.7 Å². The van der Waals surface area contributed by atoms with E-state index >= 15 is 4.39 Å². The van der Waals surface area contributed by atoms with Gasteiger partial charge in [0.05, 0.1) is 28.9 Å². The number of aryl methyl sites for hydroxylation is 1. The van der Waals surface area contributed by atoms with E-state index in [1.165, 1.54) is 24.4 Å². The molecular weight excluding hydrogens is 913 g/mol. The van der Waals surface area contributed by atoms with E-state index in [1.807, 2.05) is 33.8 Å². The second kappa shape index (κ2) is 20.8. The van der Waals surface area contributed by atoms with E-state index in [9.17, 15) is 32.0 Å². The molecule has 21 heteroatoms. The molecule has 2 aromatic carbocycles. The SMILES string of the molecule is CC(C)(C)OC(=O)N[C@H]1CCC[C@@H](Nc2nc(Cl)ncc2F)C1.Cc1ccc(S(=O)(=O)n2cc(-c3ncc(F)c(N[C@@H]4CCC[C@H](NC(=O)OC(C)(C)C)C4)n3)c3cc(C#N)cc(F)c32)cc1. The van der Waals surface area contributed by atoms with Crippen LogP contribution in [0.15, 0.2) is 59.9 Å². The number of hydrogen-bond donors (Lipinski definition) is 4. The Kier molecular flexibility index (Phi) is 15.6. The van der Waals surface area contributed by atoms with Gasteiger partial charge in [0, 0.05) is 41.3 Å². The fraction of sp³-hybridized carbons (Fsp3) is 0.457. The Hall–Kier alpha value is -6.20. The summed E-state index contributed by atoms with van der Waals surface area (Å²) in [5, 5.41) is 21.4. The van der Waals surface area contributed by atoms with Crippen LogP contribution in [0.4, 0.5) is 34.4 Å². The molecule has 16 nitrogen and oxygen atoms in total. The van der Waals surface area contributed by atoms with Crippen molar-refractivity contribution in [3.8, 4) is 17.5 Å². The highest BCUT2D eigenvalue weighted by molar-refractivity contribution is 7.90. The Bertz CT molecular complexity index is 2760. The molecule has 67 heavy (non-hydrogen) atoms. The quantitative estimate of drug-likeness (QED) is 0.101. The molecule has 3 aromatic heterocycles. The summed E-state index contributed by atoms with van der Waals surface area (Å²) in [5.41, 5.74) is -0.550. The third-order valence-corrected chi connectivity index (χ3v) is 12.6. The largest absolute Gasteiger partial charge is 0.444 e. The van der Waals surface area contributed by atoms with Gasteiger partial charge in [-0.15, -0.1) is 0 Å². The Morgan fingerprint density at radius 1 is 0.776 bits per heavy atom. The fourth-order valence-corrected chi connectivity index (χ4v) is 9.33. The Morgan fingerprint density at radius 2 is 1.28 bits per heavy atom. The number of fused-ring (bicyclic) bond motifs is 1. The van der Waals surface area contributed by atoms with Crippen LogP contribution in [-0.4, -0.2) is 79.9 Å². The summed E-state index contributed by atoms with van der Waals surface area (Å²) in [7, 11) is -4.28. The van der Waals surface area contributed by atoms with E-state index in [-0.39, 0.29) is 73.8 Å². The number of carbonyl (C=O) groups is 2. The van der Waals surface area contributed by atoms with E-state index in [1.54, 1.807) is 32.9 Å². The molecule has 0 radical (unpaired) electrons. The van der Waals surface area contributed by atoms with Crippen LogP contribution in [0, 0.1) is 35.7 Å². The number of nitriles is 1. The van der Waals surface area contributed by atoms with Gasteiger partial charge in [-0.25, -0.2) is 50.1 Å². The smallest absolute Gasteiger partial charge is 0.407 e. The molecule has 0 spiro atoms. The number of aromatic nitrogens is 5. The molecule has 0 unspecified atom stereocenters. The summed E-state index contributed by atoms with van der Waals surface area (Å²) in [5.74, 6) is -2.31. The predicted molar refractivity (Wildman–Crippen MR) is 246 cm³/mol. The van der Waals surface area contributed by atoms with Crippen LogP contribution >= 0.6 is 11.6 Å². The maximum Gasteiger partial charge on any atom is 0.407 e. The van der Waals surface area contributed by atoms with Gasteiger partial charge in [0.1, 0.15) is 22.5 Å². The highest BCUT2D eigenvalue weighted by atomic mass is 35.5. The first-order chi connectivity index (χ1) is 31.5. The van der Waals surface area contributed by atoms with E-state index in [0.717, 1.165) is 60.1 Å². The van der Waals surface area contributed by atoms with Gasteiger partial charge in [-0.05, 0) is 136 Å². The summed E-state index contributed by atoms with van der Waals surface area (Å²) >= 11 is 5.69. The van der Waals surface area contributed by atoms with Crippen LogP contribution in [0.2, 0.25) is 5.28 Å². The zero-order valence-electron chi connectivity index (χ0n) is 38.2. The van der Waals surface area contributed by atoms with Gasteiger partial charge >= 0.3 is 12.2 Å². The summed E-state index contributed by atoms with van der Waals surface area (Å²) in [6, 6.07) is 9.83. The lowest BCUT2D eigenvalue weighted by Crippen LogP contribution is -2.44. The second-order valence-corrected chi connectivity index (χ2v) is 20.7. The molecule has 2 amide bonds. The zero-order chi connectivity index (χ0) is 48.8. The van der Waals surface area contributed by atoms with Gasteiger partial charge in [-0.2, -0.15) is 10.2 Å². The first-order valence-corrected chi connectivity index (χ1v) is 23.6.